The van der Waals surface area contributed by atoms with Crippen LogP contribution in [0.15, 0.2) is 61.7 Å². The Morgan fingerprint density at radius 2 is 1.95 bits per heavy atom. The molecule has 1 aromatic heterocycles. The minimum absolute atomic E-state index is 0.288. The summed E-state index contributed by atoms with van der Waals surface area (Å²) in [5.74, 6) is -0.288. The number of aromatic nitrogens is 3. The van der Waals surface area contributed by atoms with Crippen molar-refractivity contribution in [1.82, 2.24) is 14.8 Å². The molecule has 110 valence electrons. The van der Waals surface area contributed by atoms with Crippen LogP contribution in [0.2, 0.25) is 0 Å². The molecule has 0 aliphatic rings. The zero-order chi connectivity index (χ0) is 15.5. The second-order valence-electron chi connectivity index (χ2n) is 4.73. The third kappa shape index (κ3) is 2.80. The summed E-state index contributed by atoms with van der Waals surface area (Å²) >= 11 is 0. The predicted molar refractivity (Wildman–Crippen MR) is 84.8 cm³/mol. The van der Waals surface area contributed by atoms with E-state index < -0.39 is 0 Å². The molecule has 0 aliphatic carbocycles. The first kappa shape index (κ1) is 13.8. The maximum absolute atomic E-state index is 13.0. The third-order valence-electron chi connectivity index (χ3n) is 3.15. The molecule has 0 amide bonds. The monoisotopic (exact) mass is 295 g/mol. The Hall–Kier alpha value is -3.15. The molecule has 22 heavy (non-hydrogen) atoms. The van der Waals surface area contributed by atoms with Gasteiger partial charge in [0.2, 0.25) is 0 Å². The van der Waals surface area contributed by atoms with Crippen molar-refractivity contribution in [1.29, 1.82) is 0 Å². The summed E-state index contributed by atoms with van der Waals surface area (Å²) in [5, 5.41) is 7.26. The van der Waals surface area contributed by atoms with Gasteiger partial charge in [-0.1, -0.05) is 6.58 Å². The molecule has 3 rings (SSSR count). The van der Waals surface area contributed by atoms with E-state index in [4.69, 9.17) is 5.73 Å². The Morgan fingerprint density at radius 3 is 2.64 bits per heavy atom. The van der Waals surface area contributed by atoms with E-state index in [0.29, 0.717) is 11.4 Å². The zero-order valence-corrected chi connectivity index (χ0v) is 11.7. The number of anilines is 2. The van der Waals surface area contributed by atoms with Crippen molar-refractivity contribution >= 4 is 17.1 Å². The van der Waals surface area contributed by atoms with Gasteiger partial charge in [0.15, 0.2) is 0 Å². The largest absolute Gasteiger partial charge is 0.399 e. The van der Waals surface area contributed by atoms with E-state index in [-0.39, 0.29) is 5.82 Å². The van der Waals surface area contributed by atoms with Crippen LogP contribution in [0.25, 0.3) is 11.4 Å². The molecule has 5 nitrogen and oxygen atoms in total. The van der Waals surface area contributed by atoms with Crippen molar-refractivity contribution in [2.75, 3.05) is 11.1 Å². The van der Waals surface area contributed by atoms with Crippen LogP contribution >= 0.6 is 0 Å². The van der Waals surface area contributed by atoms with Crippen molar-refractivity contribution in [2.24, 2.45) is 0 Å². The smallest absolute Gasteiger partial charge is 0.138 e. The first-order valence-corrected chi connectivity index (χ1v) is 6.60. The molecule has 0 saturated heterocycles. The quantitative estimate of drug-likeness (QED) is 0.726. The number of nitrogens with zero attached hydrogens (tertiary/aromatic N) is 3. The molecule has 0 saturated carbocycles. The summed E-state index contributed by atoms with van der Waals surface area (Å²) in [7, 11) is 0. The van der Waals surface area contributed by atoms with Gasteiger partial charge in [0.25, 0.3) is 0 Å². The molecule has 0 radical (unpaired) electrons. The minimum atomic E-state index is -0.288. The van der Waals surface area contributed by atoms with Crippen LogP contribution in [0, 0.1) is 5.82 Å². The van der Waals surface area contributed by atoms with Gasteiger partial charge in [0, 0.05) is 22.6 Å². The minimum Gasteiger partial charge on any atom is -0.399 e. The fourth-order valence-corrected chi connectivity index (χ4v) is 2.10. The summed E-state index contributed by atoms with van der Waals surface area (Å²) < 4.78 is 14.6. The number of nitrogens with two attached hydrogens (primary N) is 1. The van der Waals surface area contributed by atoms with Gasteiger partial charge >= 0.3 is 0 Å². The zero-order valence-electron chi connectivity index (χ0n) is 11.7. The number of nitrogen functional groups attached to an aromatic ring is 1. The highest BCUT2D eigenvalue weighted by molar-refractivity contribution is 5.81. The van der Waals surface area contributed by atoms with E-state index in [0.717, 1.165) is 16.9 Å². The number of halogens is 1. The number of benzene rings is 2. The van der Waals surface area contributed by atoms with Gasteiger partial charge in [-0.15, -0.1) is 0 Å². The molecule has 0 atom stereocenters. The fraction of sp³-hybridized carbons (Fsp3) is 0. The average Bonchev–Trinajstić information content (AvgIpc) is 3.03. The van der Waals surface area contributed by atoms with E-state index in [1.807, 2.05) is 6.07 Å². The Labute approximate surface area is 126 Å². The number of hydrogen-bond donors (Lipinski definition) is 2. The van der Waals surface area contributed by atoms with Gasteiger partial charge in [-0.3, -0.25) is 0 Å². The average molecular weight is 295 g/mol. The van der Waals surface area contributed by atoms with Crippen LogP contribution in [0.4, 0.5) is 15.8 Å². The molecule has 6 heteroatoms. The van der Waals surface area contributed by atoms with Crippen LogP contribution < -0.4 is 11.1 Å². The van der Waals surface area contributed by atoms with Crippen LogP contribution in [0.1, 0.15) is 5.56 Å². The Balaban J connectivity index is 1.94. The second kappa shape index (κ2) is 5.69. The molecule has 1 heterocycles. The van der Waals surface area contributed by atoms with Crippen LogP contribution in [-0.2, 0) is 0 Å². The first-order chi connectivity index (χ1) is 10.6. The van der Waals surface area contributed by atoms with Crippen molar-refractivity contribution in [2.45, 2.75) is 0 Å². The molecule has 2 aromatic carbocycles. The van der Waals surface area contributed by atoms with Gasteiger partial charge in [0.1, 0.15) is 18.5 Å². The molecule has 0 fully saturated rings. The summed E-state index contributed by atoms with van der Waals surface area (Å²) in [6, 6.07) is 11.5. The van der Waals surface area contributed by atoms with Crippen LogP contribution in [0.5, 0.6) is 0 Å². The molecular weight excluding hydrogens is 281 g/mol. The highest BCUT2D eigenvalue weighted by Crippen LogP contribution is 2.25. The summed E-state index contributed by atoms with van der Waals surface area (Å²) in [6.45, 7) is 4.03. The summed E-state index contributed by atoms with van der Waals surface area (Å²) in [6.07, 6.45) is 3.05. The van der Waals surface area contributed by atoms with Crippen LogP contribution in [-0.4, -0.2) is 14.8 Å². The van der Waals surface area contributed by atoms with E-state index >= 15 is 0 Å². The lowest BCUT2D eigenvalue weighted by molar-refractivity contribution is 0.628. The summed E-state index contributed by atoms with van der Waals surface area (Å²) in [5.41, 5.74) is 9.43. The van der Waals surface area contributed by atoms with Gasteiger partial charge in [-0.05, 0) is 42.5 Å². The molecule has 0 bridgehead atoms. The Kier molecular flexibility index (Phi) is 3.57. The van der Waals surface area contributed by atoms with E-state index in [1.165, 1.54) is 18.5 Å². The fourth-order valence-electron chi connectivity index (χ4n) is 2.10. The number of hydrogen-bond acceptors (Lipinski definition) is 4. The van der Waals surface area contributed by atoms with Gasteiger partial charge in [-0.25, -0.2) is 14.1 Å². The second-order valence-corrected chi connectivity index (χ2v) is 4.73. The molecule has 0 spiro atoms. The third-order valence-corrected chi connectivity index (χ3v) is 3.15. The lowest BCUT2D eigenvalue weighted by Gasteiger charge is -2.14. The van der Waals surface area contributed by atoms with Gasteiger partial charge < -0.3 is 11.1 Å². The highest BCUT2D eigenvalue weighted by Gasteiger charge is 2.10. The van der Waals surface area contributed by atoms with Crippen molar-refractivity contribution in [3.05, 3.63) is 73.1 Å². The van der Waals surface area contributed by atoms with Crippen LogP contribution in [0.3, 0.4) is 0 Å². The lowest BCUT2D eigenvalue weighted by atomic mass is 10.1. The van der Waals surface area contributed by atoms with Gasteiger partial charge in [0.05, 0.1) is 5.69 Å². The topological polar surface area (TPSA) is 68.8 Å². The highest BCUT2D eigenvalue weighted by atomic mass is 19.1. The molecule has 0 aliphatic heterocycles. The number of rotatable bonds is 4. The first-order valence-electron chi connectivity index (χ1n) is 6.60. The van der Waals surface area contributed by atoms with E-state index in [1.54, 1.807) is 35.3 Å². The Bertz CT molecular complexity index is 794. The lowest BCUT2D eigenvalue weighted by Crippen LogP contribution is -2.05. The van der Waals surface area contributed by atoms with Gasteiger partial charge in [-0.2, -0.15) is 5.10 Å². The standard InChI is InChI=1S/C16H14FN5/c1-11(21-14-5-2-12(17)3-6-14)15-8-13(18)4-7-16(15)22-10-19-9-20-22/h2-10,21H,1,18H2. The summed E-state index contributed by atoms with van der Waals surface area (Å²) in [4.78, 5) is 3.94. The maximum Gasteiger partial charge on any atom is 0.138 e. The molecular formula is C16H14FN5. The van der Waals surface area contributed by atoms with Crippen molar-refractivity contribution in [3.8, 4) is 5.69 Å². The SMILES string of the molecule is C=C(Nc1ccc(F)cc1)c1cc(N)ccc1-n1cncn1. The van der Waals surface area contributed by atoms with E-state index in [9.17, 15) is 4.39 Å². The van der Waals surface area contributed by atoms with E-state index in [2.05, 4.69) is 22.0 Å². The maximum atomic E-state index is 13.0. The normalized spacial score (nSPS) is 10.4. The van der Waals surface area contributed by atoms with Crippen molar-refractivity contribution in [3.63, 3.8) is 0 Å². The molecule has 3 aromatic rings. The predicted octanol–water partition coefficient (Wildman–Crippen LogP) is 3.07. The number of nitrogens with one attached hydrogen (secondary N) is 1. The Morgan fingerprint density at radius 1 is 1.18 bits per heavy atom. The van der Waals surface area contributed by atoms with Crippen molar-refractivity contribution < 1.29 is 4.39 Å². The molecule has 0 unspecified atom stereocenters. The molecule has 3 N–H and O–H groups in total.